The van der Waals surface area contributed by atoms with Gasteiger partial charge in [-0.2, -0.15) is 0 Å². The van der Waals surface area contributed by atoms with Gasteiger partial charge in [-0.05, 0) is 48.7 Å². The van der Waals surface area contributed by atoms with E-state index in [2.05, 4.69) is 15.5 Å². The third-order valence-electron chi connectivity index (χ3n) is 3.54. The summed E-state index contributed by atoms with van der Waals surface area (Å²) >= 11 is 0. The van der Waals surface area contributed by atoms with Crippen LogP contribution in [0.1, 0.15) is 22.4 Å². The van der Waals surface area contributed by atoms with Crippen LogP contribution in [-0.4, -0.2) is 16.0 Å². The van der Waals surface area contributed by atoms with Gasteiger partial charge in [0.1, 0.15) is 5.69 Å². The van der Waals surface area contributed by atoms with E-state index in [4.69, 9.17) is 4.52 Å². The molecule has 2 aromatic heterocycles. The van der Waals surface area contributed by atoms with E-state index in [9.17, 15) is 4.79 Å². The number of hydrogen-bond acceptors (Lipinski definition) is 4. The van der Waals surface area contributed by atoms with Crippen molar-refractivity contribution in [1.29, 1.82) is 0 Å². The number of carbonyl (C=O) groups is 1. The van der Waals surface area contributed by atoms with Crippen LogP contribution in [0.4, 0.5) is 0 Å². The van der Waals surface area contributed by atoms with E-state index in [0.29, 0.717) is 12.2 Å². The minimum absolute atomic E-state index is 0.0776. The maximum absolute atomic E-state index is 12.1. The van der Waals surface area contributed by atoms with Crippen molar-refractivity contribution >= 4 is 16.9 Å². The van der Waals surface area contributed by atoms with Crippen LogP contribution in [0, 0.1) is 13.8 Å². The number of rotatable bonds is 4. The molecular weight excluding hydrogens is 278 g/mol. The molecule has 0 saturated heterocycles. The van der Waals surface area contributed by atoms with E-state index in [1.165, 1.54) is 0 Å². The lowest BCUT2D eigenvalue weighted by Gasteiger charge is -2.04. The number of nitrogens with zero attached hydrogens (tertiary/aromatic N) is 2. The van der Waals surface area contributed by atoms with Crippen molar-refractivity contribution in [3.05, 3.63) is 59.0 Å². The molecule has 0 saturated carbocycles. The number of aryl methyl sites for hydroxylation is 2. The summed E-state index contributed by atoms with van der Waals surface area (Å²) in [4.78, 5) is 16.0. The quantitative estimate of drug-likeness (QED) is 0.803. The molecule has 1 N–H and O–H groups in total. The molecule has 0 radical (unpaired) electrons. The molecule has 0 bridgehead atoms. The number of amides is 1. The number of pyridine rings is 1. The lowest BCUT2D eigenvalue weighted by atomic mass is 10.1. The number of benzene rings is 1. The van der Waals surface area contributed by atoms with Gasteiger partial charge in [0.15, 0.2) is 5.58 Å². The summed E-state index contributed by atoms with van der Waals surface area (Å²) in [6, 6.07) is 7.79. The number of nitrogens with one attached hydrogen (secondary N) is 1. The van der Waals surface area contributed by atoms with Gasteiger partial charge in [0.25, 0.3) is 0 Å². The molecule has 0 aliphatic heterocycles. The number of carbonyl (C=O) groups excluding carboxylic acids is 1. The molecular formula is C17H17N3O2. The molecule has 0 spiro atoms. The van der Waals surface area contributed by atoms with Crippen LogP contribution in [0.5, 0.6) is 0 Å². The summed E-state index contributed by atoms with van der Waals surface area (Å²) in [5.74, 6) is -0.0776. The van der Waals surface area contributed by atoms with Crippen molar-refractivity contribution in [3.63, 3.8) is 0 Å². The molecule has 5 nitrogen and oxygen atoms in total. The minimum Gasteiger partial charge on any atom is -0.356 e. The van der Waals surface area contributed by atoms with Gasteiger partial charge in [-0.3, -0.25) is 9.78 Å². The molecule has 0 fully saturated rings. The number of hydrogen-bond donors (Lipinski definition) is 1. The normalized spacial score (nSPS) is 10.8. The summed E-state index contributed by atoms with van der Waals surface area (Å²) in [6.45, 7) is 4.48. The second-order valence-corrected chi connectivity index (χ2v) is 5.40. The third-order valence-corrected chi connectivity index (χ3v) is 3.54. The van der Waals surface area contributed by atoms with Gasteiger partial charge >= 0.3 is 0 Å². The Hall–Kier alpha value is -2.69. The van der Waals surface area contributed by atoms with Crippen LogP contribution >= 0.6 is 0 Å². The highest BCUT2D eigenvalue weighted by Gasteiger charge is 2.14. The summed E-state index contributed by atoms with van der Waals surface area (Å²) in [5.41, 5.74) is 4.61. The fourth-order valence-corrected chi connectivity index (χ4v) is 2.48. The number of fused-ring (bicyclic) bond motifs is 1. The van der Waals surface area contributed by atoms with Crippen molar-refractivity contribution in [2.24, 2.45) is 0 Å². The first-order chi connectivity index (χ1) is 10.6. The summed E-state index contributed by atoms with van der Waals surface area (Å²) in [6.07, 6.45) is 3.62. The Bertz CT molecular complexity index is 809. The molecule has 0 aliphatic carbocycles. The molecule has 5 heteroatoms. The van der Waals surface area contributed by atoms with Gasteiger partial charge in [-0.1, -0.05) is 11.2 Å². The highest BCUT2D eigenvalue weighted by molar-refractivity contribution is 5.88. The Kier molecular flexibility index (Phi) is 3.87. The largest absolute Gasteiger partial charge is 0.356 e. The minimum atomic E-state index is -0.0776. The van der Waals surface area contributed by atoms with E-state index < -0.39 is 0 Å². The van der Waals surface area contributed by atoms with Crippen LogP contribution < -0.4 is 5.32 Å². The first-order valence-corrected chi connectivity index (χ1v) is 7.14. The second kappa shape index (κ2) is 5.97. The maximum Gasteiger partial charge on any atom is 0.226 e. The monoisotopic (exact) mass is 295 g/mol. The zero-order valence-electron chi connectivity index (χ0n) is 12.6. The lowest BCUT2D eigenvalue weighted by Crippen LogP contribution is -2.24. The molecule has 22 heavy (non-hydrogen) atoms. The van der Waals surface area contributed by atoms with Gasteiger partial charge in [0.05, 0.1) is 6.42 Å². The molecule has 0 atom stereocenters. The topological polar surface area (TPSA) is 68.0 Å². The average molecular weight is 295 g/mol. The van der Waals surface area contributed by atoms with Gasteiger partial charge in [-0.25, -0.2) is 0 Å². The zero-order valence-corrected chi connectivity index (χ0v) is 12.6. The Morgan fingerprint density at radius 3 is 2.77 bits per heavy atom. The fraction of sp³-hybridized carbons (Fsp3) is 0.235. The second-order valence-electron chi connectivity index (χ2n) is 5.40. The maximum atomic E-state index is 12.1. The Morgan fingerprint density at radius 1 is 1.23 bits per heavy atom. The van der Waals surface area contributed by atoms with Crippen molar-refractivity contribution in [1.82, 2.24) is 15.5 Å². The Labute approximate surface area is 128 Å². The molecule has 112 valence electrons. The molecule has 0 unspecified atom stereocenters. The van der Waals surface area contributed by atoms with Crippen molar-refractivity contribution in [2.75, 3.05) is 0 Å². The predicted octanol–water partition coefficient (Wildman–Crippen LogP) is 2.70. The Balaban J connectivity index is 1.72. The highest BCUT2D eigenvalue weighted by atomic mass is 16.5. The average Bonchev–Trinajstić information content (AvgIpc) is 2.89. The van der Waals surface area contributed by atoms with Crippen LogP contribution in [0.25, 0.3) is 11.0 Å². The van der Waals surface area contributed by atoms with E-state index in [1.54, 1.807) is 12.4 Å². The molecule has 1 amide bonds. The first-order valence-electron chi connectivity index (χ1n) is 7.14. The standard InChI is InChI=1S/C17H17N3O2/c1-11-7-12(2)17-14(8-11)15(20-22-17)9-16(21)19-10-13-3-5-18-6-4-13/h3-8H,9-10H2,1-2H3,(H,19,21). The molecule has 3 aromatic rings. The lowest BCUT2D eigenvalue weighted by molar-refractivity contribution is -0.120. The Morgan fingerprint density at radius 2 is 2.00 bits per heavy atom. The fourth-order valence-electron chi connectivity index (χ4n) is 2.48. The predicted molar refractivity (Wildman–Crippen MR) is 83.3 cm³/mol. The van der Waals surface area contributed by atoms with Crippen LogP contribution in [0.15, 0.2) is 41.2 Å². The van der Waals surface area contributed by atoms with E-state index >= 15 is 0 Å². The smallest absolute Gasteiger partial charge is 0.226 e. The summed E-state index contributed by atoms with van der Waals surface area (Å²) < 4.78 is 5.36. The van der Waals surface area contributed by atoms with Crippen LogP contribution in [0.3, 0.4) is 0 Å². The van der Waals surface area contributed by atoms with Crippen molar-refractivity contribution in [3.8, 4) is 0 Å². The van der Waals surface area contributed by atoms with Crippen molar-refractivity contribution < 1.29 is 9.32 Å². The molecule has 1 aromatic carbocycles. The molecule has 2 heterocycles. The number of aromatic nitrogens is 2. The van der Waals surface area contributed by atoms with Crippen LogP contribution in [-0.2, 0) is 17.8 Å². The molecule has 3 rings (SSSR count). The SMILES string of the molecule is Cc1cc(C)c2onc(CC(=O)NCc3ccncc3)c2c1. The summed E-state index contributed by atoms with van der Waals surface area (Å²) in [7, 11) is 0. The first kappa shape index (κ1) is 14.3. The van der Waals surface area contributed by atoms with E-state index in [0.717, 1.165) is 27.7 Å². The summed E-state index contributed by atoms with van der Waals surface area (Å²) in [5, 5.41) is 7.84. The highest BCUT2D eigenvalue weighted by Crippen LogP contribution is 2.24. The van der Waals surface area contributed by atoms with E-state index in [-0.39, 0.29) is 12.3 Å². The molecule has 0 aliphatic rings. The van der Waals surface area contributed by atoms with Crippen LogP contribution in [0.2, 0.25) is 0 Å². The third kappa shape index (κ3) is 2.98. The van der Waals surface area contributed by atoms with Gasteiger partial charge < -0.3 is 9.84 Å². The van der Waals surface area contributed by atoms with E-state index in [1.807, 2.05) is 38.1 Å². The van der Waals surface area contributed by atoms with Gasteiger partial charge in [0.2, 0.25) is 5.91 Å². The van der Waals surface area contributed by atoms with Gasteiger partial charge in [-0.15, -0.1) is 0 Å². The zero-order chi connectivity index (χ0) is 15.5. The van der Waals surface area contributed by atoms with Crippen molar-refractivity contribution in [2.45, 2.75) is 26.8 Å². The van der Waals surface area contributed by atoms with Gasteiger partial charge in [0, 0.05) is 24.3 Å².